The number of rotatable bonds is 4. The standard InChI is InChI=1S/C16H22N2/c1-2-10-18(15-6-4-3-5-7-15)16-11-13-8-9-14(12-16)17-13/h2-7,13-14,16-17H,1,8-12H2/t13-,14+,16+. The summed E-state index contributed by atoms with van der Waals surface area (Å²) in [6, 6.07) is 12.9. The Balaban J connectivity index is 1.79. The normalized spacial score (nSPS) is 30.1. The van der Waals surface area contributed by atoms with Crippen LogP contribution in [0.5, 0.6) is 0 Å². The minimum Gasteiger partial charge on any atom is -0.365 e. The van der Waals surface area contributed by atoms with E-state index in [9.17, 15) is 0 Å². The van der Waals surface area contributed by atoms with Gasteiger partial charge in [0.25, 0.3) is 0 Å². The van der Waals surface area contributed by atoms with Gasteiger partial charge in [-0.1, -0.05) is 24.3 Å². The fourth-order valence-electron chi connectivity index (χ4n) is 3.51. The van der Waals surface area contributed by atoms with Gasteiger partial charge in [0.05, 0.1) is 0 Å². The second-order valence-electron chi connectivity index (χ2n) is 5.54. The van der Waals surface area contributed by atoms with Crippen LogP contribution in [0.4, 0.5) is 5.69 Å². The Morgan fingerprint density at radius 3 is 2.44 bits per heavy atom. The summed E-state index contributed by atoms with van der Waals surface area (Å²) in [6.45, 7) is 4.87. The Labute approximate surface area is 110 Å². The van der Waals surface area contributed by atoms with Gasteiger partial charge in [0.2, 0.25) is 0 Å². The highest BCUT2D eigenvalue weighted by Gasteiger charge is 2.35. The molecular formula is C16H22N2. The molecule has 0 saturated carbocycles. The monoisotopic (exact) mass is 242 g/mol. The lowest BCUT2D eigenvalue weighted by Crippen LogP contribution is -2.48. The predicted octanol–water partition coefficient (Wildman–Crippen LogP) is 2.96. The molecule has 2 fully saturated rings. The summed E-state index contributed by atoms with van der Waals surface area (Å²) in [5, 5.41) is 3.72. The molecule has 2 heteroatoms. The van der Waals surface area contributed by atoms with E-state index in [-0.39, 0.29) is 0 Å². The largest absolute Gasteiger partial charge is 0.365 e. The lowest BCUT2D eigenvalue weighted by atomic mass is 9.97. The molecule has 2 bridgehead atoms. The third-order valence-electron chi connectivity index (χ3n) is 4.30. The maximum Gasteiger partial charge on any atom is 0.0371 e. The zero-order valence-electron chi connectivity index (χ0n) is 10.9. The van der Waals surface area contributed by atoms with Crippen molar-refractivity contribution in [1.82, 2.24) is 5.32 Å². The van der Waals surface area contributed by atoms with Gasteiger partial charge < -0.3 is 10.2 Å². The summed E-state index contributed by atoms with van der Waals surface area (Å²) >= 11 is 0. The van der Waals surface area contributed by atoms with Crippen LogP contribution in [0.2, 0.25) is 0 Å². The molecule has 3 rings (SSSR count). The lowest BCUT2D eigenvalue weighted by Gasteiger charge is -2.38. The van der Waals surface area contributed by atoms with Crippen molar-refractivity contribution in [2.75, 3.05) is 11.4 Å². The van der Waals surface area contributed by atoms with Crippen molar-refractivity contribution in [2.45, 2.75) is 43.8 Å². The molecule has 2 aliphatic rings. The first-order valence-corrected chi connectivity index (χ1v) is 7.05. The predicted molar refractivity (Wildman–Crippen MR) is 77.0 cm³/mol. The summed E-state index contributed by atoms with van der Waals surface area (Å²) in [7, 11) is 0. The van der Waals surface area contributed by atoms with E-state index >= 15 is 0 Å². The van der Waals surface area contributed by atoms with Crippen LogP contribution in [0.25, 0.3) is 0 Å². The maximum absolute atomic E-state index is 3.92. The third kappa shape index (κ3) is 2.30. The average Bonchev–Trinajstić information content (AvgIpc) is 2.76. The van der Waals surface area contributed by atoms with Crippen LogP contribution in [0.3, 0.4) is 0 Å². The van der Waals surface area contributed by atoms with Gasteiger partial charge in [0.15, 0.2) is 0 Å². The molecule has 18 heavy (non-hydrogen) atoms. The van der Waals surface area contributed by atoms with E-state index in [4.69, 9.17) is 0 Å². The van der Waals surface area contributed by atoms with Gasteiger partial charge >= 0.3 is 0 Å². The zero-order chi connectivity index (χ0) is 12.4. The Hall–Kier alpha value is -1.28. The SMILES string of the molecule is C=CCN(c1ccccc1)[C@H]1C[C@H]2CC[C@@H](C1)N2. The number of nitrogens with zero attached hydrogens (tertiary/aromatic N) is 1. The molecule has 0 aromatic heterocycles. The molecule has 2 saturated heterocycles. The minimum atomic E-state index is 0.671. The number of piperidine rings is 1. The molecule has 1 aromatic carbocycles. The number of hydrogen-bond acceptors (Lipinski definition) is 2. The van der Waals surface area contributed by atoms with Crippen molar-refractivity contribution in [2.24, 2.45) is 0 Å². The summed E-state index contributed by atoms with van der Waals surface area (Å²) in [6.07, 6.45) is 7.30. The molecule has 2 nitrogen and oxygen atoms in total. The first kappa shape index (κ1) is 11.8. The van der Waals surface area contributed by atoms with E-state index in [1.807, 2.05) is 6.08 Å². The molecule has 1 N–H and O–H groups in total. The first-order chi connectivity index (χ1) is 8.86. The number of nitrogens with one attached hydrogen (secondary N) is 1. The van der Waals surface area contributed by atoms with E-state index in [1.54, 1.807) is 0 Å². The molecule has 2 heterocycles. The molecule has 1 aromatic rings. The molecular weight excluding hydrogens is 220 g/mol. The fourth-order valence-corrected chi connectivity index (χ4v) is 3.51. The third-order valence-corrected chi connectivity index (χ3v) is 4.30. The molecule has 3 atom stereocenters. The molecule has 0 radical (unpaired) electrons. The van der Waals surface area contributed by atoms with Crippen LogP contribution in [-0.2, 0) is 0 Å². The summed E-state index contributed by atoms with van der Waals surface area (Å²) in [5.74, 6) is 0. The van der Waals surface area contributed by atoms with Crippen molar-refractivity contribution in [3.63, 3.8) is 0 Å². The van der Waals surface area contributed by atoms with Crippen LogP contribution >= 0.6 is 0 Å². The number of para-hydroxylation sites is 1. The van der Waals surface area contributed by atoms with Crippen molar-refractivity contribution in [3.8, 4) is 0 Å². The smallest absolute Gasteiger partial charge is 0.0371 e. The van der Waals surface area contributed by atoms with Gasteiger partial charge in [-0.3, -0.25) is 0 Å². The molecule has 2 aliphatic heterocycles. The van der Waals surface area contributed by atoms with Crippen LogP contribution in [0, 0.1) is 0 Å². The van der Waals surface area contributed by atoms with Crippen LogP contribution < -0.4 is 10.2 Å². The molecule has 0 spiro atoms. The Bertz CT molecular complexity index is 389. The van der Waals surface area contributed by atoms with Crippen molar-refractivity contribution in [1.29, 1.82) is 0 Å². The summed E-state index contributed by atoms with van der Waals surface area (Å²) in [4.78, 5) is 2.53. The lowest BCUT2D eigenvalue weighted by molar-refractivity contribution is 0.351. The van der Waals surface area contributed by atoms with Gasteiger partial charge in [-0.05, 0) is 37.8 Å². The minimum absolute atomic E-state index is 0.671. The number of benzene rings is 1. The Morgan fingerprint density at radius 2 is 1.83 bits per heavy atom. The Kier molecular flexibility index (Phi) is 3.37. The van der Waals surface area contributed by atoms with Crippen LogP contribution in [0.1, 0.15) is 25.7 Å². The Morgan fingerprint density at radius 1 is 1.17 bits per heavy atom. The topological polar surface area (TPSA) is 15.3 Å². The second-order valence-corrected chi connectivity index (χ2v) is 5.54. The number of hydrogen-bond donors (Lipinski definition) is 1. The molecule has 0 unspecified atom stereocenters. The van der Waals surface area contributed by atoms with E-state index in [2.05, 4.69) is 47.1 Å². The highest BCUT2D eigenvalue weighted by Crippen LogP contribution is 2.32. The molecule has 96 valence electrons. The van der Waals surface area contributed by atoms with Gasteiger partial charge in [-0.25, -0.2) is 0 Å². The van der Waals surface area contributed by atoms with E-state index in [1.165, 1.54) is 31.4 Å². The summed E-state index contributed by atoms with van der Waals surface area (Å²) < 4.78 is 0. The maximum atomic E-state index is 3.92. The van der Waals surface area contributed by atoms with Crippen LogP contribution in [0.15, 0.2) is 43.0 Å². The van der Waals surface area contributed by atoms with Crippen molar-refractivity contribution >= 4 is 5.69 Å². The molecule has 0 amide bonds. The highest BCUT2D eigenvalue weighted by molar-refractivity contribution is 5.48. The molecule has 0 aliphatic carbocycles. The van der Waals surface area contributed by atoms with Crippen LogP contribution in [-0.4, -0.2) is 24.7 Å². The van der Waals surface area contributed by atoms with Crippen molar-refractivity contribution < 1.29 is 0 Å². The number of anilines is 1. The van der Waals surface area contributed by atoms with E-state index in [0.717, 1.165) is 18.6 Å². The van der Waals surface area contributed by atoms with Crippen molar-refractivity contribution in [3.05, 3.63) is 43.0 Å². The average molecular weight is 242 g/mol. The van der Waals surface area contributed by atoms with Gasteiger partial charge in [-0.15, -0.1) is 6.58 Å². The van der Waals surface area contributed by atoms with E-state index < -0.39 is 0 Å². The van der Waals surface area contributed by atoms with Gasteiger partial charge in [0, 0.05) is 30.4 Å². The first-order valence-electron chi connectivity index (χ1n) is 7.05. The zero-order valence-corrected chi connectivity index (χ0v) is 10.9. The van der Waals surface area contributed by atoms with E-state index in [0.29, 0.717) is 6.04 Å². The van der Waals surface area contributed by atoms with Gasteiger partial charge in [0.1, 0.15) is 0 Å². The second kappa shape index (κ2) is 5.15. The quantitative estimate of drug-likeness (QED) is 0.817. The fraction of sp³-hybridized carbons (Fsp3) is 0.500. The number of fused-ring (bicyclic) bond motifs is 2. The highest BCUT2D eigenvalue weighted by atomic mass is 15.2. The van der Waals surface area contributed by atoms with Gasteiger partial charge in [-0.2, -0.15) is 0 Å². The summed E-state index contributed by atoms with van der Waals surface area (Å²) in [5.41, 5.74) is 1.34.